The van der Waals surface area contributed by atoms with E-state index in [1.54, 1.807) is 6.07 Å². The molecule has 0 nitrogen and oxygen atoms in total. The molecule has 0 aliphatic rings. The molecule has 2 heteroatoms. The van der Waals surface area contributed by atoms with Gasteiger partial charge in [0, 0.05) is 15.6 Å². The molecule has 0 saturated carbocycles. The Hall–Kier alpha value is -0.980. The average molecular weight is 235 g/mol. The summed E-state index contributed by atoms with van der Waals surface area (Å²) in [4.78, 5) is 0. The minimum Gasteiger partial charge on any atom is -0.0843 e. The van der Waals surface area contributed by atoms with E-state index in [2.05, 4.69) is 0 Å². The molecule has 2 aromatic rings. The van der Waals surface area contributed by atoms with E-state index in [9.17, 15) is 0 Å². The van der Waals surface area contributed by atoms with Crippen LogP contribution in [-0.2, 0) is 0 Å². The minimum absolute atomic E-state index is 0.702. The van der Waals surface area contributed by atoms with Crippen LogP contribution in [0.25, 0.3) is 11.1 Å². The lowest BCUT2D eigenvalue weighted by Gasteiger charge is -2.04. The molecule has 0 aromatic heterocycles. The van der Waals surface area contributed by atoms with Gasteiger partial charge in [0.15, 0.2) is 0 Å². The van der Waals surface area contributed by atoms with Crippen molar-refractivity contribution in [1.29, 1.82) is 0 Å². The number of halogens is 2. The predicted molar refractivity (Wildman–Crippen MR) is 61.9 cm³/mol. The summed E-state index contributed by atoms with van der Waals surface area (Å²) < 4.78 is 0. The molecule has 0 atom stereocenters. The summed E-state index contributed by atoms with van der Waals surface area (Å²) in [7, 11) is 0. The molecule has 0 spiro atoms. The van der Waals surface area contributed by atoms with Crippen molar-refractivity contribution in [3.05, 3.63) is 58.6 Å². The van der Waals surface area contributed by atoms with Gasteiger partial charge in [0.25, 0.3) is 0 Å². The van der Waals surface area contributed by atoms with Crippen molar-refractivity contribution in [2.45, 2.75) is 0 Å². The molecule has 70 valence electrons. The molecule has 0 bridgehead atoms. The lowest BCUT2D eigenvalue weighted by Crippen LogP contribution is -1.78. The van der Waals surface area contributed by atoms with Crippen LogP contribution in [0.3, 0.4) is 0 Å². The molecule has 0 radical (unpaired) electrons. The fourth-order valence-corrected chi connectivity index (χ4v) is 1.74. The molecule has 0 aliphatic carbocycles. The zero-order valence-electron chi connectivity index (χ0n) is 7.37. The topological polar surface area (TPSA) is 0 Å². The maximum absolute atomic E-state index is 6.07. The highest BCUT2D eigenvalue weighted by Gasteiger charge is 2.02. The standard InChI is InChI=1S/C12H8Cl2/c13-10-6-7-12(14)11(8-10)9-4-2-1-3-5-9/h1-8H/i1+1,2+1,3+1,4+1,5+1,6+1,7+1,8+1,9+1,10+1,11+1,12+1. The van der Waals surface area contributed by atoms with Crippen molar-refractivity contribution in [2.24, 2.45) is 0 Å². The van der Waals surface area contributed by atoms with Crippen LogP contribution in [0.4, 0.5) is 0 Å². The van der Waals surface area contributed by atoms with E-state index in [0.29, 0.717) is 5.02 Å². The first kappa shape index (κ1) is 9.57. The first-order valence-corrected chi connectivity index (χ1v) is 5.03. The van der Waals surface area contributed by atoms with Crippen LogP contribution in [0, 0.1) is 0 Å². The van der Waals surface area contributed by atoms with Gasteiger partial charge in [-0.3, -0.25) is 0 Å². The highest BCUT2D eigenvalue weighted by atomic mass is 35.5. The Kier molecular flexibility index (Phi) is 2.76. The van der Waals surface area contributed by atoms with Gasteiger partial charge in [-0.25, -0.2) is 0 Å². The number of hydrogen-bond donors (Lipinski definition) is 0. The smallest absolute Gasteiger partial charge is 0.0485 e. The number of rotatable bonds is 1. The quantitative estimate of drug-likeness (QED) is 0.674. The Morgan fingerprint density at radius 2 is 1.50 bits per heavy atom. The van der Waals surface area contributed by atoms with E-state index in [4.69, 9.17) is 23.2 Å². The van der Waals surface area contributed by atoms with Crippen molar-refractivity contribution in [2.75, 3.05) is 0 Å². The third-order valence-corrected chi connectivity index (χ3v) is 2.58. The summed E-state index contributed by atoms with van der Waals surface area (Å²) in [6.07, 6.45) is 0. The molecule has 0 saturated heterocycles. The van der Waals surface area contributed by atoms with Gasteiger partial charge in [-0.05, 0) is 23.8 Å². The summed E-state index contributed by atoms with van der Waals surface area (Å²) in [6.45, 7) is 0. The molecule has 0 aliphatic heterocycles. The monoisotopic (exact) mass is 234 g/mol. The summed E-state index contributed by atoms with van der Waals surface area (Å²) in [5, 5.41) is 1.42. The lowest BCUT2D eigenvalue weighted by molar-refractivity contribution is 1.62. The van der Waals surface area contributed by atoms with Gasteiger partial charge in [-0.1, -0.05) is 53.5 Å². The summed E-state index contributed by atoms with van der Waals surface area (Å²) in [5.74, 6) is 0. The lowest BCUT2D eigenvalue weighted by atomic mass is 11.1. The van der Waals surface area contributed by atoms with Crippen LogP contribution in [-0.4, -0.2) is 0 Å². The molecule has 2 aromatic carbocycles. The highest BCUT2D eigenvalue weighted by molar-refractivity contribution is 6.35. The van der Waals surface area contributed by atoms with E-state index in [0.717, 1.165) is 16.1 Å². The second kappa shape index (κ2) is 4.04. The first-order chi connectivity index (χ1) is 6.77. The van der Waals surface area contributed by atoms with Gasteiger partial charge in [0.2, 0.25) is 0 Å². The normalized spacial score (nSPS) is 10.1. The number of benzene rings is 2. The second-order valence-electron chi connectivity index (χ2n) is 2.99. The SMILES string of the molecule is Cl[13c]1[13cH][13cH][13c](Cl)[13c](-[13c]2[13cH][13cH][13cH][13cH][13cH]2)[13cH]1. The number of hydrogen-bond acceptors (Lipinski definition) is 0. The van der Waals surface area contributed by atoms with Crippen molar-refractivity contribution in [3.8, 4) is 11.1 Å². The molecule has 0 fully saturated rings. The fourth-order valence-electron chi connectivity index (χ4n) is 1.34. The molecular weight excluding hydrogens is 227 g/mol. The van der Waals surface area contributed by atoms with Crippen molar-refractivity contribution < 1.29 is 0 Å². The molecule has 14 heavy (non-hydrogen) atoms. The Bertz CT molecular complexity index is 435. The van der Waals surface area contributed by atoms with Crippen LogP contribution in [0.1, 0.15) is 0 Å². The average Bonchev–Trinajstić information content (AvgIpc) is 2.23. The van der Waals surface area contributed by atoms with E-state index >= 15 is 0 Å². The van der Waals surface area contributed by atoms with Crippen LogP contribution in [0.5, 0.6) is 0 Å². The first-order valence-electron chi connectivity index (χ1n) is 4.28. The van der Waals surface area contributed by atoms with Gasteiger partial charge in [0.05, 0.1) is 0 Å². The second-order valence-corrected chi connectivity index (χ2v) is 3.83. The third-order valence-electron chi connectivity index (χ3n) is 2.01. The minimum atomic E-state index is 0.702. The molecule has 0 N–H and O–H groups in total. The van der Waals surface area contributed by atoms with Crippen molar-refractivity contribution >= 4 is 23.2 Å². The summed E-state index contributed by atoms with van der Waals surface area (Å²) in [5.41, 5.74) is 2.06. The zero-order valence-corrected chi connectivity index (χ0v) is 8.89. The molecule has 2 rings (SSSR count). The van der Waals surface area contributed by atoms with Gasteiger partial charge in [0.1, 0.15) is 0 Å². The largest absolute Gasteiger partial charge is 0.0843 e. The maximum Gasteiger partial charge on any atom is 0.0485 e. The van der Waals surface area contributed by atoms with Gasteiger partial charge < -0.3 is 0 Å². The van der Waals surface area contributed by atoms with Crippen LogP contribution in [0.15, 0.2) is 48.5 Å². The van der Waals surface area contributed by atoms with E-state index in [-0.39, 0.29) is 0 Å². The van der Waals surface area contributed by atoms with Gasteiger partial charge >= 0.3 is 0 Å². The molecule has 0 heterocycles. The van der Waals surface area contributed by atoms with Crippen LogP contribution < -0.4 is 0 Å². The summed E-state index contributed by atoms with van der Waals surface area (Å²) in [6, 6.07) is 15.4. The Labute approximate surface area is 93.1 Å². The summed E-state index contributed by atoms with van der Waals surface area (Å²) >= 11 is 12.0. The Morgan fingerprint density at radius 3 is 2.21 bits per heavy atom. The van der Waals surface area contributed by atoms with Crippen LogP contribution >= 0.6 is 23.2 Å². The predicted octanol–water partition coefficient (Wildman–Crippen LogP) is 4.66. The third kappa shape index (κ3) is 1.92. The Balaban J connectivity index is 2.57. The van der Waals surface area contributed by atoms with Gasteiger partial charge in [-0.15, -0.1) is 0 Å². The van der Waals surface area contributed by atoms with E-state index in [1.165, 1.54) is 0 Å². The van der Waals surface area contributed by atoms with E-state index < -0.39 is 0 Å². The maximum atomic E-state index is 6.07. The van der Waals surface area contributed by atoms with Crippen LogP contribution in [0.2, 0.25) is 10.0 Å². The Morgan fingerprint density at radius 1 is 0.786 bits per heavy atom. The van der Waals surface area contributed by atoms with Crippen molar-refractivity contribution in [3.63, 3.8) is 0 Å². The zero-order chi connectivity index (χ0) is 9.97. The highest BCUT2D eigenvalue weighted by Crippen LogP contribution is 2.29. The molecular formula is C12H8Cl2. The van der Waals surface area contributed by atoms with Crippen molar-refractivity contribution in [1.82, 2.24) is 0 Å². The molecule has 0 amide bonds. The van der Waals surface area contributed by atoms with Gasteiger partial charge in [-0.2, -0.15) is 0 Å². The van der Waals surface area contributed by atoms with E-state index in [1.807, 2.05) is 42.5 Å². The molecule has 0 unspecified atom stereocenters. The fraction of sp³-hybridized carbons (Fsp3) is 0.